The highest BCUT2D eigenvalue weighted by Gasteiger charge is 2.29. The maximum atomic E-state index is 12.8. The third-order valence-corrected chi connectivity index (χ3v) is 7.29. The number of benzene rings is 2. The van der Waals surface area contributed by atoms with Gasteiger partial charge >= 0.3 is 5.97 Å². The fourth-order valence-electron chi connectivity index (χ4n) is 2.89. The summed E-state index contributed by atoms with van der Waals surface area (Å²) in [7, 11) is -7.83. The molecule has 3 N–H and O–H groups in total. The van der Waals surface area contributed by atoms with Crippen molar-refractivity contribution in [3.05, 3.63) is 42.5 Å². The highest BCUT2D eigenvalue weighted by molar-refractivity contribution is 7.92. The average Bonchev–Trinajstić information content (AvgIpc) is 2.74. The molecular formula is C19H21N3O8S2. The highest BCUT2D eigenvalue weighted by atomic mass is 32.2. The van der Waals surface area contributed by atoms with E-state index in [9.17, 15) is 26.4 Å². The van der Waals surface area contributed by atoms with E-state index in [2.05, 4.69) is 9.44 Å². The molecule has 1 heterocycles. The van der Waals surface area contributed by atoms with E-state index in [1.54, 1.807) is 0 Å². The van der Waals surface area contributed by atoms with E-state index in [0.717, 1.165) is 11.0 Å². The Balaban J connectivity index is 1.85. The zero-order valence-electron chi connectivity index (χ0n) is 16.9. The number of nitrogens with zero attached hydrogens (tertiary/aromatic N) is 1. The van der Waals surface area contributed by atoms with Crippen molar-refractivity contribution >= 4 is 43.3 Å². The van der Waals surface area contributed by atoms with Gasteiger partial charge in [0.15, 0.2) is 6.61 Å². The first kappa shape index (κ1) is 23.5. The molecule has 172 valence electrons. The first-order valence-corrected chi connectivity index (χ1v) is 12.4. The van der Waals surface area contributed by atoms with Gasteiger partial charge in [0.2, 0.25) is 10.0 Å². The summed E-state index contributed by atoms with van der Waals surface area (Å²) in [6.07, 6.45) is 0.623. The van der Waals surface area contributed by atoms with Gasteiger partial charge in [-0.1, -0.05) is 6.92 Å². The van der Waals surface area contributed by atoms with Crippen molar-refractivity contribution in [2.45, 2.75) is 23.1 Å². The molecule has 0 radical (unpaired) electrons. The van der Waals surface area contributed by atoms with Gasteiger partial charge in [0.25, 0.3) is 15.9 Å². The Morgan fingerprint density at radius 2 is 1.72 bits per heavy atom. The number of ether oxygens (including phenoxy) is 1. The first-order valence-electron chi connectivity index (χ1n) is 9.45. The van der Waals surface area contributed by atoms with E-state index in [0.29, 0.717) is 6.42 Å². The zero-order chi connectivity index (χ0) is 23.5. The number of anilines is 2. The quantitative estimate of drug-likeness (QED) is 0.476. The zero-order valence-corrected chi connectivity index (χ0v) is 18.6. The Kier molecular flexibility index (Phi) is 6.71. The Bertz CT molecular complexity index is 1240. The number of hydrogen-bond donors (Lipinski definition) is 3. The third kappa shape index (κ3) is 5.18. The van der Waals surface area contributed by atoms with Crippen molar-refractivity contribution in [3.8, 4) is 5.75 Å². The molecule has 3 rings (SSSR count). The number of hydrogen-bond acceptors (Lipinski definition) is 7. The first-order chi connectivity index (χ1) is 15.0. The number of carbonyl (C=O) groups excluding carboxylic acids is 1. The third-order valence-electron chi connectivity index (χ3n) is 4.44. The second-order valence-electron chi connectivity index (χ2n) is 6.82. The van der Waals surface area contributed by atoms with E-state index in [-0.39, 0.29) is 40.1 Å². The van der Waals surface area contributed by atoms with Crippen molar-refractivity contribution in [1.29, 1.82) is 0 Å². The predicted octanol–water partition coefficient (Wildman–Crippen LogP) is 0.986. The van der Waals surface area contributed by atoms with Crippen LogP contribution in [0.15, 0.2) is 52.3 Å². The summed E-state index contributed by atoms with van der Waals surface area (Å²) >= 11 is 0. The molecule has 0 bridgehead atoms. The monoisotopic (exact) mass is 483 g/mol. The molecule has 11 nitrogen and oxygen atoms in total. The molecule has 32 heavy (non-hydrogen) atoms. The summed E-state index contributed by atoms with van der Waals surface area (Å²) in [6, 6.07) is 8.88. The van der Waals surface area contributed by atoms with Crippen LogP contribution >= 0.6 is 0 Å². The topological polar surface area (TPSA) is 159 Å². The van der Waals surface area contributed by atoms with Gasteiger partial charge in [-0.25, -0.2) is 21.6 Å². The summed E-state index contributed by atoms with van der Waals surface area (Å²) < 4.78 is 59.9. The lowest BCUT2D eigenvalue weighted by Crippen LogP contribution is -2.42. The van der Waals surface area contributed by atoms with Crippen LogP contribution in [0.5, 0.6) is 5.75 Å². The number of carboxylic acids is 1. The van der Waals surface area contributed by atoms with E-state index >= 15 is 0 Å². The normalized spacial score (nSPS) is 13.9. The second kappa shape index (κ2) is 9.14. The van der Waals surface area contributed by atoms with Crippen LogP contribution in [0.1, 0.15) is 13.3 Å². The van der Waals surface area contributed by atoms with Gasteiger partial charge in [-0.2, -0.15) is 0 Å². The lowest BCUT2D eigenvalue weighted by molar-refractivity contribution is -0.137. The van der Waals surface area contributed by atoms with Crippen molar-refractivity contribution < 1.29 is 36.3 Å². The molecule has 0 fully saturated rings. The SMILES string of the molecule is CCCNS(=O)(=O)c1ccc(NS(=O)(=O)c2ccc3c(c2)N(CC(=O)O)C(=O)CO3)cc1. The number of rotatable bonds is 9. The second-order valence-corrected chi connectivity index (χ2v) is 10.3. The molecule has 0 spiro atoms. The fourth-order valence-corrected chi connectivity index (χ4v) is 5.11. The number of carbonyl (C=O) groups is 2. The number of amides is 1. The van der Waals surface area contributed by atoms with Crippen LogP contribution in [0, 0.1) is 0 Å². The van der Waals surface area contributed by atoms with E-state index < -0.39 is 38.5 Å². The predicted molar refractivity (Wildman–Crippen MR) is 115 cm³/mol. The lowest BCUT2D eigenvalue weighted by atomic mass is 10.2. The Hall–Kier alpha value is -3.16. The Labute approximate surface area is 185 Å². The maximum absolute atomic E-state index is 12.8. The van der Waals surface area contributed by atoms with Gasteiger partial charge in [0.05, 0.1) is 15.5 Å². The van der Waals surface area contributed by atoms with Crippen LogP contribution in [0.4, 0.5) is 11.4 Å². The van der Waals surface area contributed by atoms with Gasteiger partial charge in [-0.3, -0.25) is 19.2 Å². The van der Waals surface area contributed by atoms with Crippen molar-refractivity contribution in [2.75, 3.05) is 29.3 Å². The van der Waals surface area contributed by atoms with E-state index in [1.807, 2.05) is 6.92 Å². The molecular weight excluding hydrogens is 462 g/mol. The maximum Gasteiger partial charge on any atom is 0.323 e. The molecule has 2 aromatic rings. The molecule has 0 unspecified atom stereocenters. The molecule has 0 aliphatic carbocycles. The van der Waals surface area contributed by atoms with Gasteiger partial charge in [-0.15, -0.1) is 0 Å². The van der Waals surface area contributed by atoms with Crippen molar-refractivity contribution in [3.63, 3.8) is 0 Å². The molecule has 1 aliphatic rings. The lowest BCUT2D eigenvalue weighted by Gasteiger charge is -2.28. The molecule has 0 aromatic heterocycles. The number of nitrogens with one attached hydrogen (secondary N) is 2. The summed E-state index contributed by atoms with van der Waals surface area (Å²) in [5, 5.41) is 9.05. The molecule has 1 aliphatic heterocycles. The van der Waals surface area contributed by atoms with Crippen LogP contribution in [0.2, 0.25) is 0 Å². The van der Waals surface area contributed by atoms with Crippen molar-refractivity contribution in [2.24, 2.45) is 0 Å². The van der Waals surface area contributed by atoms with Crippen molar-refractivity contribution in [1.82, 2.24) is 4.72 Å². The fraction of sp³-hybridized carbons (Fsp3) is 0.263. The number of aliphatic carboxylic acids is 1. The largest absolute Gasteiger partial charge is 0.482 e. The smallest absolute Gasteiger partial charge is 0.323 e. The summed E-state index contributed by atoms with van der Waals surface area (Å²) in [4.78, 5) is 23.8. The number of carboxylic acid groups (broad SMARTS) is 1. The van der Waals surface area contributed by atoms with Crippen LogP contribution < -0.4 is 19.1 Å². The molecule has 13 heteroatoms. The van der Waals surface area contributed by atoms with Gasteiger partial charge in [-0.05, 0) is 48.9 Å². The Morgan fingerprint density at radius 3 is 2.34 bits per heavy atom. The van der Waals surface area contributed by atoms with Crippen LogP contribution in [0.25, 0.3) is 0 Å². The number of sulfonamides is 2. The Morgan fingerprint density at radius 1 is 1.06 bits per heavy atom. The van der Waals surface area contributed by atoms with Crippen LogP contribution in [0.3, 0.4) is 0 Å². The molecule has 0 saturated heterocycles. The standard InChI is InChI=1S/C19H21N3O8S2/c1-2-9-20-31(26,27)14-5-3-13(4-6-14)21-32(28,29)15-7-8-17-16(10-15)22(11-19(24)25)18(23)12-30-17/h3-8,10,20-21H,2,9,11-12H2,1H3,(H,24,25). The molecule has 1 amide bonds. The minimum absolute atomic E-state index is 0.0114. The summed E-state index contributed by atoms with van der Waals surface area (Å²) in [5.41, 5.74) is 0.141. The summed E-state index contributed by atoms with van der Waals surface area (Å²) in [6.45, 7) is 1.10. The minimum Gasteiger partial charge on any atom is -0.482 e. The van der Waals surface area contributed by atoms with E-state index in [4.69, 9.17) is 9.84 Å². The van der Waals surface area contributed by atoms with Crippen LogP contribution in [-0.4, -0.2) is 53.5 Å². The summed E-state index contributed by atoms with van der Waals surface area (Å²) in [5.74, 6) is -1.70. The van der Waals surface area contributed by atoms with Gasteiger partial charge < -0.3 is 9.84 Å². The molecule has 0 atom stereocenters. The van der Waals surface area contributed by atoms with E-state index in [1.165, 1.54) is 36.4 Å². The minimum atomic E-state index is -4.13. The highest BCUT2D eigenvalue weighted by Crippen LogP contribution is 2.34. The van der Waals surface area contributed by atoms with Gasteiger partial charge in [0, 0.05) is 12.2 Å². The molecule has 0 saturated carbocycles. The number of fused-ring (bicyclic) bond motifs is 1. The molecule has 2 aromatic carbocycles. The van der Waals surface area contributed by atoms with Crippen LogP contribution in [-0.2, 0) is 29.6 Å². The average molecular weight is 484 g/mol. The van der Waals surface area contributed by atoms with Gasteiger partial charge in [0.1, 0.15) is 12.3 Å².